The summed E-state index contributed by atoms with van der Waals surface area (Å²) in [5.41, 5.74) is 1.03. The number of alkyl halides is 3. The Morgan fingerprint density at radius 3 is 2.42 bits per heavy atom. The number of nitrogens with one attached hydrogen (secondary N) is 1. The summed E-state index contributed by atoms with van der Waals surface area (Å²) in [7, 11) is -3.55. The van der Waals surface area contributed by atoms with Gasteiger partial charge < -0.3 is 20.4 Å². The van der Waals surface area contributed by atoms with Gasteiger partial charge in [0.25, 0.3) is 5.91 Å². The van der Waals surface area contributed by atoms with Crippen LogP contribution in [-0.4, -0.2) is 82.1 Å². The summed E-state index contributed by atoms with van der Waals surface area (Å²) in [6.07, 6.45) is -1.84. The third-order valence-electron chi connectivity index (χ3n) is 7.87. The number of phenolic OH excluding ortho intramolecular Hbond substituents is 1. The smallest absolute Gasteiger partial charge is 0.416 e. The molecule has 1 saturated heterocycles. The molecule has 1 aromatic heterocycles. The van der Waals surface area contributed by atoms with Gasteiger partial charge >= 0.3 is 6.18 Å². The molecular weight excluding hydrogens is 587 g/mol. The lowest BCUT2D eigenvalue weighted by molar-refractivity contribution is -0.138. The van der Waals surface area contributed by atoms with Crippen molar-refractivity contribution in [3.63, 3.8) is 0 Å². The molecule has 0 bridgehead atoms. The quantitative estimate of drug-likeness (QED) is 0.335. The second kappa shape index (κ2) is 12.3. The first kappa shape index (κ1) is 31.0. The number of rotatable bonds is 9. The van der Waals surface area contributed by atoms with E-state index in [1.807, 2.05) is 0 Å². The number of aromatic nitrogens is 2. The number of hydrogen-bond acceptors (Lipinski definition) is 7. The standard InChI is InChI=1S/C29H34F3N5O5S/c1-43(41,42)36-13-10-26-24(18-36)27(34-37(26)17-23(39)16-35-11-2-3-12-35)20-6-9-25(29(30,31)32)21(14-20)15-33-28(40)19-4-7-22(38)8-5-19/h4-9,14,23,38-39H,2-3,10-13,15-18H2,1H3,(H,33,40). The Morgan fingerprint density at radius 1 is 1.07 bits per heavy atom. The molecule has 0 spiro atoms. The fourth-order valence-corrected chi connectivity index (χ4v) is 6.49. The molecule has 10 nitrogen and oxygen atoms in total. The van der Waals surface area contributed by atoms with Crippen molar-refractivity contribution in [2.45, 2.75) is 51.2 Å². The van der Waals surface area contributed by atoms with Gasteiger partial charge in [-0.25, -0.2) is 8.42 Å². The number of sulfonamides is 1. The zero-order valence-electron chi connectivity index (χ0n) is 23.6. The first-order valence-electron chi connectivity index (χ1n) is 14.0. The molecule has 1 fully saturated rings. The maximum Gasteiger partial charge on any atom is 0.416 e. The van der Waals surface area contributed by atoms with E-state index >= 15 is 0 Å². The van der Waals surface area contributed by atoms with E-state index < -0.39 is 40.3 Å². The number of nitrogens with zero attached hydrogens (tertiary/aromatic N) is 4. The van der Waals surface area contributed by atoms with Gasteiger partial charge in [0, 0.05) is 55.0 Å². The molecule has 2 aliphatic heterocycles. The summed E-state index contributed by atoms with van der Waals surface area (Å²) in [5, 5.41) is 27.5. The Balaban J connectivity index is 1.48. The van der Waals surface area contributed by atoms with Crippen molar-refractivity contribution in [3.05, 3.63) is 70.4 Å². The monoisotopic (exact) mass is 621 g/mol. The van der Waals surface area contributed by atoms with Crippen LogP contribution in [0.2, 0.25) is 0 Å². The number of benzene rings is 2. The van der Waals surface area contributed by atoms with Gasteiger partial charge in [0.2, 0.25) is 10.0 Å². The third-order valence-corrected chi connectivity index (χ3v) is 9.12. The van der Waals surface area contributed by atoms with Gasteiger partial charge in [0.15, 0.2) is 0 Å². The van der Waals surface area contributed by atoms with Crippen LogP contribution in [0.1, 0.15) is 45.6 Å². The molecule has 1 unspecified atom stereocenters. The zero-order chi connectivity index (χ0) is 30.9. The highest BCUT2D eigenvalue weighted by Crippen LogP contribution is 2.37. The van der Waals surface area contributed by atoms with Gasteiger partial charge in [0.05, 0.1) is 30.2 Å². The van der Waals surface area contributed by atoms with E-state index in [1.54, 1.807) is 4.68 Å². The minimum atomic E-state index is -4.69. The number of aromatic hydroxyl groups is 1. The largest absolute Gasteiger partial charge is 0.508 e. The van der Waals surface area contributed by atoms with Crippen LogP contribution in [0, 0.1) is 0 Å². The van der Waals surface area contributed by atoms with Crippen LogP contribution in [-0.2, 0) is 42.3 Å². The first-order valence-corrected chi connectivity index (χ1v) is 15.9. The van der Waals surface area contributed by atoms with E-state index in [0.29, 0.717) is 29.8 Å². The Bertz CT molecular complexity index is 1580. The van der Waals surface area contributed by atoms with Crippen LogP contribution in [0.15, 0.2) is 42.5 Å². The molecule has 2 aromatic carbocycles. The first-order chi connectivity index (χ1) is 20.3. The highest BCUT2D eigenvalue weighted by atomic mass is 32.2. The van der Waals surface area contributed by atoms with Crippen LogP contribution in [0.4, 0.5) is 13.2 Å². The van der Waals surface area contributed by atoms with Crippen molar-refractivity contribution in [1.82, 2.24) is 24.3 Å². The van der Waals surface area contributed by atoms with Crippen LogP contribution >= 0.6 is 0 Å². The van der Waals surface area contributed by atoms with Crippen molar-refractivity contribution in [1.29, 1.82) is 0 Å². The van der Waals surface area contributed by atoms with Crippen molar-refractivity contribution in [3.8, 4) is 17.0 Å². The maximum atomic E-state index is 14.0. The Kier molecular flexibility index (Phi) is 8.84. The number of amides is 1. The average molecular weight is 622 g/mol. The number of aliphatic hydroxyl groups is 1. The van der Waals surface area contributed by atoms with Gasteiger partial charge in [-0.1, -0.05) is 6.07 Å². The second-order valence-electron chi connectivity index (χ2n) is 11.1. The van der Waals surface area contributed by atoms with Gasteiger partial charge in [-0.15, -0.1) is 0 Å². The molecule has 43 heavy (non-hydrogen) atoms. The second-order valence-corrected chi connectivity index (χ2v) is 13.0. The van der Waals surface area contributed by atoms with Crippen molar-refractivity contribution >= 4 is 15.9 Å². The molecule has 3 N–H and O–H groups in total. The molecule has 2 aliphatic rings. The summed E-state index contributed by atoms with van der Waals surface area (Å²) in [6.45, 7) is 2.22. The molecular formula is C29H34F3N5O5S. The number of carbonyl (C=O) groups excluding carboxylic acids is 1. The summed E-state index contributed by atoms with van der Waals surface area (Å²) in [4.78, 5) is 14.8. The van der Waals surface area contributed by atoms with E-state index in [4.69, 9.17) is 5.10 Å². The van der Waals surface area contributed by atoms with Crippen molar-refractivity contribution in [2.75, 3.05) is 32.4 Å². The predicted molar refractivity (Wildman–Crippen MR) is 153 cm³/mol. The number of halogens is 3. The SMILES string of the molecule is CS(=O)(=O)N1CCc2c(c(-c3ccc(C(F)(F)F)c(CNC(=O)c4ccc(O)cc4)c3)nn2CC(O)CN2CCCC2)C1. The summed E-state index contributed by atoms with van der Waals surface area (Å²) >= 11 is 0. The molecule has 0 saturated carbocycles. The average Bonchev–Trinajstić information content (AvgIpc) is 3.58. The topological polar surface area (TPSA) is 128 Å². The fourth-order valence-electron chi connectivity index (χ4n) is 5.71. The number of fused-ring (bicyclic) bond motifs is 1. The van der Waals surface area contributed by atoms with Crippen molar-refractivity contribution in [2.24, 2.45) is 0 Å². The van der Waals surface area contributed by atoms with Gasteiger partial charge in [0.1, 0.15) is 5.75 Å². The van der Waals surface area contributed by atoms with Crippen LogP contribution in [0.25, 0.3) is 11.3 Å². The number of phenols is 1. The predicted octanol–water partition coefficient (Wildman–Crippen LogP) is 2.98. The molecule has 3 heterocycles. The molecule has 0 radical (unpaired) electrons. The van der Waals surface area contributed by atoms with Crippen LogP contribution in [0.5, 0.6) is 5.75 Å². The normalized spacial score (nSPS) is 17.1. The van der Waals surface area contributed by atoms with Gasteiger partial charge in [-0.3, -0.25) is 9.48 Å². The molecule has 3 aromatic rings. The minimum Gasteiger partial charge on any atom is -0.508 e. The fraction of sp³-hybridized carbons (Fsp3) is 0.448. The van der Waals surface area contributed by atoms with Gasteiger partial charge in [-0.2, -0.15) is 22.6 Å². The minimum absolute atomic E-state index is 0.000333. The number of β-amino-alcohol motifs (C(OH)–C–C–N with tert-alkyl or cyclic N) is 1. The van der Waals surface area contributed by atoms with Crippen LogP contribution in [0.3, 0.4) is 0 Å². The summed E-state index contributed by atoms with van der Waals surface area (Å²) < 4.78 is 69.7. The van der Waals surface area contributed by atoms with E-state index in [-0.39, 0.29) is 36.5 Å². The molecule has 1 amide bonds. The lowest BCUT2D eigenvalue weighted by Gasteiger charge is -2.26. The Hall–Kier alpha value is -3.46. The van der Waals surface area contributed by atoms with Crippen LogP contribution < -0.4 is 5.32 Å². The lowest BCUT2D eigenvalue weighted by Crippen LogP contribution is -2.37. The number of hydrogen-bond donors (Lipinski definition) is 3. The van der Waals surface area contributed by atoms with E-state index in [0.717, 1.165) is 43.9 Å². The molecule has 232 valence electrons. The van der Waals surface area contributed by atoms with Gasteiger partial charge in [-0.05, 0) is 67.9 Å². The lowest BCUT2D eigenvalue weighted by atomic mass is 9.97. The van der Waals surface area contributed by atoms with Crippen molar-refractivity contribution < 1.29 is 36.6 Å². The van der Waals surface area contributed by atoms with E-state index in [1.165, 1.54) is 40.7 Å². The highest BCUT2D eigenvalue weighted by Gasteiger charge is 2.35. The highest BCUT2D eigenvalue weighted by molar-refractivity contribution is 7.88. The Labute approximate surface area is 247 Å². The molecule has 1 atom stereocenters. The number of likely N-dealkylation sites (tertiary alicyclic amines) is 1. The number of aliphatic hydroxyl groups excluding tert-OH is 1. The zero-order valence-corrected chi connectivity index (χ0v) is 24.5. The van der Waals surface area contributed by atoms with E-state index in [9.17, 15) is 36.6 Å². The maximum absolute atomic E-state index is 14.0. The third kappa shape index (κ3) is 7.20. The summed E-state index contributed by atoms with van der Waals surface area (Å²) in [5.74, 6) is -0.666. The molecule has 14 heteroatoms. The Morgan fingerprint density at radius 2 is 1.77 bits per heavy atom. The molecule has 0 aliphatic carbocycles. The molecule has 5 rings (SSSR count). The number of carbonyl (C=O) groups is 1. The van der Waals surface area contributed by atoms with E-state index in [2.05, 4.69) is 10.2 Å². The summed E-state index contributed by atoms with van der Waals surface area (Å²) in [6, 6.07) is 8.86.